The molecule has 0 amide bonds. The van der Waals surface area contributed by atoms with Gasteiger partial charge in [0.15, 0.2) is 5.78 Å². The number of benzene rings is 1. The molecule has 1 aromatic carbocycles. The van der Waals surface area contributed by atoms with Crippen molar-refractivity contribution >= 4 is 23.1 Å². The molecule has 0 spiro atoms. The van der Waals surface area contributed by atoms with Crippen molar-refractivity contribution in [1.29, 1.82) is 5.26 Å². The van der Waals surface area contributed by atoms with Crippen molar-refractivity contribution in [2.24, 2.45) is 5.73 Å². The molecule has 0 aliphatic heterocycles. The van der Waals surface area contributed by atoms with E-state index in [2.05, 4.69) is 0 Å². The lowest BCUT2D eigenvalue weighted by atomic mass is 10.1. The quantitative estimate of drug-likeness (QED) is 0.613. The van der Waals surface area contributed by atoms with Crippen LogP contribution in [-0.4, -0.2) is 5.78 Å². The van der Waals surface area contributed by atoms with Gasteiger partial charge in [0, 0.05) is 5.02 Å². The summed E-state index contributed by atoms with van der Waals surface area (Å²) >= 11 is 5.70. The Kier molecular flexibility index (Phi) is 3.48. The van der Waals surface area contributed by atoms with Gasteiger partial charge < -0.3 is 5.73 Å². The van der Waals surface area contributed by atoms with Gasteiger partial charge in [-0.05, 0) is 24.6 Å². The minimum atomic E-state index is -0.343. The Bertz CT molecular complexity index is 454. The number of ketones is 1. The zero-order chi connectivity index (χ0) is 11.4. The normalized spacial score (nSPS) is 11.5. The van der Waals surface area contributed by atoms with E-state index in [0.717, 1.165) is 0 Å². The number of Topliss-reactive ketones (excluding diaryl/α,β-unsaturated/α-hetero) is 1. The Hall–Kier alpha value is -1.79. The predicted octanol–water partition coefficient (Wildman–Crippen LogP) is 2.12. The maximum atomic E-state index is 11.1. The molecule has 0 fully saturated rings. The van der Waals surface area contributed by atoms with Gasteiger partial charge in [0.05, 0.1) is 5.70 Å². The molecule has 4 heteroatoms. The van der Waals surface area contributed by atoms with E-state index in [1.54, 1.807) is 30.3 Å². The summed E-state index contributed by atoms with van der Waals surface area (Å²) in [5.74, 6) is -0.343. The topological polar surface area (TPSA) is 66.9 Å². The van der Waals surface area contributed by atoms with Crippen molar-refractivity contribution in [3.63, 3.8) is 0 Å². The van der Waals surface area contributed by atoms with Gasteiger partial charge in [0.2, 0.25) is 0 Å². The molecule has 0 unspecified atom stereocenters. The van der Waals surface area contributed by atoms with Crippen LogP contribution in [0.1, 0.15) is 12.5 Å². The molecule has 0 saturated heterocycles. The minimum Gasteiger partial charge on any atom is -0.397 e. The molecule has 15 heavy (non-hydrogen) atoms. The number of carbonyl (C=O) groups is 1. The molecule has 76 valence electrons. The second-order valence-corrected chi connectivity index (χ2v) is 3.40. The van der Waals surface area contributed by atoms with E-state index in [1.807, 2.05) is 0 Å². The largest absolute Gasteiger partial charge is 0.397 e. The smallest absolute Gasteiger partial charge is 0.172 e. The van der Waals surface area contributed by atoms with E-state index in [-0.39, 0.29) is 17.1 Å². The Morgan fingerprint density at radius 3 is 2.33 bits per heavy atom. The van der Waals surface area contributed by atoms with Crippen LogP contribution >= 0.6 is 11.6 Å². The van der Waals surface area contributed by atoms with Crippen molar-refractivity contribution in [2.45, 2.75) is 6.92 Å². The van der Waals surface area contributed by atoms with Crippen LogP contribution in [0, 0.1) is 11.3 Å². The highest BCUT2D eigenvalue weighted by Crippen LogP contribution is 2.16. The van der Waals surface area contributed by atoms with Crippen LogP contribution in [0.2, 0.25) is 5.02 Å². The highest BCUT2D eigenvalue weighted by atomic mass is 35.5. The molecule has 0 saturated carbocycles. The Morgan fingerprint density at radius 2 is 1.93 bits per heavy atom. The first-order chi connectivity index (χ1) is 7.06. The van der Waals surface area contributed by atoms with Crippen LogP contribution in [0.3, 0.4) is 0 Å². The number of nitrogens with two attached hydrogens (primary N) is 1. The van der Waals surface area contributed by atoms with Crippen molar-refractivity contribution in [3.8, 4) is 6.07 Å². The average Bonchev–Trinajstić information content (AvgIpc) is 2.19. The predicted molar refractivity (Wildman–Crippen MR) is 58.9 cm³/mol. The lowest BCUT2D eigenvalue weighted by molar-refractivity contribution is -0.113. The molecule has 2 N–H and O–H groups in total. The number of allylic oxidation sites excluding steroid dienone is 1. The third kappa shape index (κ3) is 2.58. The van der Waals surface area contributed by atoms with Crippen LogP contribution in [0.4, 0.5) is 0 Å². The number of nitriles is 1. The van der Waals surface area contributed by atoms with Gasteiger partial charge in [-0.3, -0.25) is 4.79 Å². The molecule has 0 aliphatic carbocycles. The van der Waals surface area contributed by atoms with E-state index in [9.17, 15) is 4.79 Å². The Morgan fingerprint density at radius 1 is 1.40 bits per heavy atom. The number of halogens is 1. The van der Waals surface area contributed by atoms with Crippen LogP contribution in [0.15, 0.2) is 29.8 Å². The maximum absolute atomic E-state index is 11.1. The van der Waals surface area contributed by atoms with Crippen molar-refractivity contribution in [1.82, 2.24) is 0 Å². The van der Waals surface area contributed by atoms with Gasteiger partial charge >= 0.3 is 0 Å². The molecule has 1 aromatic rings. The first-order valence-corrected chi connectivity index (χ1v) is 4.60. The Balaban J connectivity index is 3.24. The van der Waals surface area contributed by atoms with Crippen LogP contribution < -0.4 is 5.73 Å². The number of carbonyl (C=O) groups excluding carboxylic acids is 1. The summed E-state index contributed by atoms with van der Waals surface area (Å²) in [6, 6.07) is 8.42. The fourth-order valence-electron chi connectivity index (χ4n) is 1.10. The summed E-state index contributed by atoms with van der Waals surface area (Å²) in [6.45, 7) is 1.31. The maximum Gasteiger partial charge on any atom is 0.172 e. The first-order valence-electron chi connectivity index (χ1n) is 4.23. The van der Waals surface area contributed by atoms with Crippen molar-refractivity contribution in [3.05, 3.63) is 40.4 Å². The van der Waals surface area contributed by atoms with Crippen molar-refractivity contribution in [2.75, 3.05) is 0 Å². The monoisotopic (exact) mass is 220 g/mol. The summed E-state index contributed by atoms with van der Waals surface area (Å²) in [5, 5.41) is 9.32. The van der Waals surface area contributed by atoms with Gasteiger partial charge in [-0.2, -0.15) is 5.26 Å². The zero-order valence-electron chi connectivity index (χ0n) is 8.12. The standard InChI is InChI=1S/C11H9ClN2O/c1-7(15)10(6-13)11(14)8-2-4-9(12)5-3-8/h2-5H,14H2,1H3/b11-10-. The average molecular weight is 221 g/mol. The number of nitrogens with zero attached hydrogens (tertiary/aromatic N) is 1. The van der Waals surface area contributed by atoms with Crippen LogP contribution in [-0.2, 0) is 4.79 Å². The summed E-state index contributed by atoms with van der Waals surface area (Å²) < 4.78 is 0. The van der Waals surface area contributed by atoms with Crippen molar-refractivity contribution < 1.29 is 4.79 Å². The summed E-state index contributed by atoms with van der Waals surface area (Å²) in [4.78, 5) is 11.1. The third-order valence-electron chi connectivity index (χ3n) is 1.89. The molecule has 3 nitrogen and oxygen atoms in total. The van der Waals surface area contributed by atoms with Gasteiger partial charge in [0.1, 0.15) is 11.6 Å². The molecule has 0 heterocycles. The van der Waals surface area contributed by atoms with Crippen LogP contribution in [0.25, 0.3) is 5.70 Å². The summed E-state index contributed by atoms with van der Waals surface area (Å²) in [6.07, 6.45) is 0. The summed E-state index contributed by atoms with van der Waals surface area (Å²) in [7, 11) is 0. The molecule has 0 radical (unpaired) electrons. The highest BCUT2D eigenvalue weighted by molar-refractivity contribution is 6.30. The van der Waals surface area contributed by atoms with Gasteiger partial charge in [-0.15, -0.1) is 0 Å². The second kappa shape index (κ2) is 4.63. The molecule has 1 rings (SSSR count). The zero-order valence-corrected chi connectivity index (χ0v) is 8.88. The first kappa shape index (κ1) is 11.3. The lowest BCUT2D eigenvalue weighted by Gasteiger charge is -2.03. The highest BCUT2D eigenvalue weighted by Gasteiger charge is 2.09. The summed E-state index contributed by atoms with van der Waals surface area (Å²) in [5.41, 5.74) is 6.46. The van der Waals surface area contributed by atoms with E-state index >= 15 is 0 Å². The molecule has 0 aliphatic rings. The molecule has 0 aromatic heterocycles. The second-order valence-electron chi connectivity index (χ2n) is 2.96. The molecular weight excluding hydrogens is 212 g/mol. The van der Waals surface area contributed by atoms with Gasteiger partial charge in [0.25, 0.3) is 0 Å². The van der Waals surface area contributed by atoms with E-state index in [1.165, 1.54) is 6.92 Å². The molecule has 0 atom stereocenters. The number of rotatable bonds is 2. The van der Waals surface area contributed by atoms with Crippen LogP contribution in [0.5, 0.6) is 0 Å². The fourth-order valence-corrected chi connectivity index (χ4v) is 1.23. The fraction of sp³-hybridized carbons (Fsp3) is 0.0909. The lowest BCUT2D eigenvalue weighted by Crippen LogP contribution is -2.06. The molecule has 0 bridgehead atoms. The number of hydrogen-bond donors (Lipinski definition) is 1. The van der Waals surface area contributed by atoms with E-state index < -0.39 is 0 Å². The minimum absolute atomic E-state index is 0.0303. The SMILES string of the molecule is CC(=O)/C(C#N)=C(\N)c1ccc(Cl)cc1. The molecular formula is C11H9ClN2O. The van der Waals surface area contributed by atoms with Gasteiger partial charge in [-0.25, -0.2) is 0 Å². The third-order valence-corrected chi connectivity index (χ3v) is 2.14. The number of hydrogen-bond acceptors (Lipinski definition) is 3. The van der Waals surface area contributed by atoms with E-state index in [0.29, 0.717) is 10.6 Å². The Labute approximate surface area is 92.8 Å². The van der Waals surface area contributed by atoms with Gasteiger partial charge in [-0.1, -0.05) is 23.7 Å². The van der Waals surface area contributed by atoms with E-state index in [4.69, 9.17) is 22.6 Å².